The number of nitrogens with zero attached hydrogens (tertiary/aromatic N) is 3. The summed E-state index contributed by atoms with van der Waals surface area (Å²) in [6.45, 7) is 0.474. The number of aromatic nitrogens is 1. The molecule has 0 radical (unpaired) electrons. The number of benzene rings is 1. The molecule has 0 bridgehead atoms. The lowest BCUT2D eigenvalue weighted by molar-refractivity contribution is 0.0986. The molecule has 5 nitrogen and oxygen atoms in total. The first-order valence-electron chi connectivity index (χ1n) is 6.43. The Bertz CT molecular complexity index is 730. The van der Waals surface area contributed by atoms with E-state index in [1.807, 2.05) is 24.3 Å². The van der Waals surface area contributed by atoms with Gasteiger partial charge in [-0.05, 0) is 28.1 Å². The molecule has 106 valence electrons. The molecule has 2 heterocycles. The predicted octanol–water partition coefficient (Wildman–Crippen LogP) is 3.07. The smallest absolute Gasteiger partial charge is 0.259 e. The van der Waals surface area contributed by atoms with E-state index in [0.717, 1.165) is 15.7 Å². The van der Waals surface area contributed by atoms with E-state index in [0.29, 0.717) is 24.2 Å². The molecule has 1 amide bonds. The monoisotopic (exact) mass is 345 g/mol. The van der Waals surface area contributed by atoms with Crippen molar-refractivity contribution in [3.63, 3.8) is 0 Å². The standard InChI is InChI=1S/C15H12BrN3O2/c16-11-7-10(8-17-9-11)15(20)19-6-5-13(18-21)12-3-1-2-4-14(12)19/h1-4,7-9,21H,5-6H2. The van der Waals surface area contributed by atoms with Gasteiger partial charge in [-0.2, -0.15) is 0 Å². The quantitative estimate of drug-likeness (QED) is 0.638. The number of amides is 1. The molecule has 1 aromatic heterocycles. The van der Waals surface area contributed by atoms with Crippen molar-refractivity contribution in [2.24, 2.45) is 5.16 Å². The number of anilines is 1. The molecular formula is C15H12BrN3O2. The first kappa shape index (κ1) is 13.8. The lowest BCUT2D eigenvalue weighted by atomic mass is 9.99. The van der Waals surface area contributed by atoms with Gasteiger partial charge in [0, 0.05) is 35.4 Å². The number of rotatable bonds is 1. The van der Waals surface area contributed by atoms with Crippen molar-refractivity contribution in [2.75, 3.05) is 11.4 Å². The van der Waals surface area contributed by atoms with Crippen molar-refractivity contribution in [1.29, 1.82) is 0 Å². The molecule has 0 unspecified atom stereocenters. The molecule has 0 saturated heterocycles. The fraction of sp³-hybridized carbons (Fsp3) is 0.133. The number of carbonyl (C=O) groups excluding carboxylic acids is 1. The van der Waals surface area contributed by atoms with E-state index in [1.54, 1.807) is 23.4 Å². The van der Waals surface area contributed by atoms with Crippen LogP contribution in [0, 0.1) is 0 Å². The van der Waals surface area contributed by atoms with Crippen molar-refractivity contribution in [2.45, 2.75) is 6.42 Å². The van der Waals surface area contributed by atoms with Crippen LogP contribution in [-0.4, -0.2) is 28.4 Å². The zero-order chi connectivity index (χ0) is 14.8. The second kappa shape index (κ2) is 5.65. The van der Waals surface area contributed by atoms with Gasteiger partial charge in [-0.1, -0.05) is 23.4 Å². The summed E-state index contributed by atoms with van der Waals surface area (Å²) in [6.07, 6.45) is 3.70. The maximum atomic E-state index is 12.7. The molecule has 1 aliphatic rings. The number of pyridine rings is 1. The fourth-order valence-corrected chi connectivity index (χ4v) is 2.79. The van der Waals surface area contributed by atoms with Crippen LogP contribution in [0.3, 0.4) is 0 Å². The van der Waals surface area contributed by atoms with Gasteiger partial charge in [0.15, 0.2) is 0 Å². The molecule has 0 spiro atoms. The van der Waals surface area contributed by atoms with Gasteiger partial charge in [-0.3, -0.25) is 9.78 Å². The molecule has 1 aliphatic heterocycles. The van der Waals surface area contributed by atoms with E-state index in [2.05, 4.69) is 26.1 Å². The highest BCUT2D eigenvalue weighted by molar-refractivity contribution is 9.10. The summed E-state index contributed by atoms with van der Waals surface area (Å²) in [5, 5.41) is 12.4. The Morgan fingerprint density at radius 2 is 2.14 bits per heavy atom. The highest BCUT2D eigenvalue weighted by Crippen LogP contribution is 2.28. The molecule has 2 aromatic rings. The summed E-state index contributed by atoms with van der Waals surface area (Å²) in [7, 11) is 0. The second-order valence-corrected chi connectivity index (χ2v) is 5.58. The summed E-state index contributed by atoms with van der Waals surface area (Å²) in [4.78, 5) is 18.4. The zero-order valence-corrected chi connectivity index (χ0v) is 12.6. The highest BCUT2D eigenvalue weighted by atomic mass is 79.9. The molecule has 0 aliphatic carbocycles. The number of carbonyl (C=O) groups is 1. The number of oxime groups is 1. The van der Waals surface area contributed by atoms with Gasteiger partial charge >= 0.3 is 0 Å². The van der Waals surface area contributed by atoms with E-state index in [1.165, 1.54) is 0 Å². The lowest BCUT2D eigenvalue weighted by Crippen LogP contribution is -2.37. The molecule has 0 atom stereocenters. The average Bonchev–Trinajstić information content (AvgIpc) is 2.53. The van der Waals surface area contributed by atoms with Gasteiger partial charge in [0.1, 0.15) is 0 Å². The highest BCUT2D eigenvalue weighted by Gasteiger charge is 2.27. The third kappa shape index (κ3) is 2.54. The molecule has 0 saturated carbocycles. The summed E-state index contributed by atoms with van der Waals surface area (Å²) < 4.78 is 0.760. The van der Waals surface area contributed by atoms with Crippen molar-refractivity contribution in [1.82, 2.24) is 4.98 Å². The summed E-state index contributed by atoms with van der Waals surface area (Å²) in [6, 6.07) is 9.16. The minimum atomic E-state index is -0.117. The molecule has 0 fully saturated rings. The normalized spacial score (nSPS) is 15.9. The van der Waals surface area contributed by atoms with Crippen LogP contribution in [0.5, 0.6) is 0 Å². The van der Waals surface area contributed by atoms with Crippen molar-refractivity contribution >= 4 is 33.2 Å². The predicted molar refractivity (Wildman–Crippen MR) is 83.0 cm³/mol. The van der Waals surface area contributed by atoms with Crippen LogP contribution in [0.4, 0.5) is 5.69 Å². The third-order valence-corrected chi connectivity index (χ3v) is 3.83. The van der Waals surface area contributed by atoms with Gasteiger partial charge in [-0.25, -0.2) is 0 Å². The van der Waals surface area contributed by atoms with Crippen LogP contribution < -0.4 is 4.90 Å². The fourth-order valence-electron chi connectivity index (χ4n) is 2.43. The Morgan fingerprint density at radius 3 is 2.90 bits per heavy atom. The molecule has 21 heavy (non-hydrogen) atoms. The van der Waals surface area contributed by atoms with Crippen LogP contribution in [0.2, 0.25) is 0 Å². The molecule has 6 heteroatoms. The molecule has 1 N–H and O–H groups in total. The number of para-hydroxylation sites is 1. The third-order valence-electron chi connectivity index (χ3n) is 3.40. The van der Waals surface area contributed by atoms with Crippen LogP contribution in [0.15, 0.2) is 52.4 Å². The van der Waals surface area contributed by atoms with Gasteiger partial charge in [0.25, 0.3) is 5.91 Å². The first-order chi connectivity index (χ1) is 10.2. The first-order valence-corrected chi connectivity index (χ1v) is 7.23. The number of fused-ring (bicyclic) bond motifs is 1. The maximum Gasteiger partial charge on any atom is 0.259 e. The van der Waals surface area contributed by atoms with Gasteiger partial charge < -0.3 is 10.1 Å². The van der Waals surface area contributed by atoms with Crippen LogP contribution in [-0.2, 0) is 0 Å². The van der Waals surface area contributed by atoms with E-state index in [-0.39, 0.29) is 5.91 Å². The SMILES string of the molecule is O=C(c1cncc(Br)c1)N1CCC(=NO)c2ccccc21. The zero-order valence-electron chi connectivity index (χ0n) is 11.0. The Morgan fingerprint density at radius 1 is 1.33 bits per heavy atom. The largest absolute Gasteiger partial charge is 0.411 e. The van der Waals surface area contributed by atoms with Gasteiger partial charge in [0.2, 0.25) is 0 Å². The molecular weight excluding hydrogens is 334 g/mol. The van der Waals surface area contributed by atoms with Gasteiger partial charge in [-0.15, -0.1) is 0 Å². The van der Waals surface area contributed by atoms with Crippen LogP contribution in [0.1, 0.15) is 22.3 Å². The summed E-state index contributed by atoms with van der Waals surface area (Å²) >= 11 is 3.32. The molecule has 3 rings (SSSR count). The van der Waals surface area contributed by atoms with E-state index < -0.39 is 0 Å². The van der Waals surface area contributed by atoms with Crippen molar-refractivity contribution in [3.05, 3.63) is 58.3 Å². The molecule has 1 aromatic carbocycles. The van der Waals surface area contributed by atoms with E-state index >= 15 is 0 Å². The lowest BCUT2D eigenvalue weighted by Gasteiger charge is -2.29. The van der Waals surface area contributed by atoms with Crippen LogP contribution >= 0.6 is 15.9 Å². The average molecular weight is 346 g/mol. The van der Waals surface area contributed by atoms with Gasteiger partial charge in [0.05, 0.1) is 17.0 Å². The Balaban J connectivity index is 2.02. The van der Waals surface area contributed by atoms with Crippen molar-refractivity contribution < 1.29 is 10.0 Å². The van der Waals surface area contributed by atoms with E-state index in [4.69, 9.17) is 5.21 Å². The summed E-state index contributed by atoms with van der Waals surface area (Å²) in [5.41, 5.74) is 2.65. The summed E-state index contributed by atoms with van der Waals surface area (Å²) in [5.74, 6) is -0.117. The Labute approximate surface area is 130 Å². The number of halogens is 1. The van der Waals surface area contributed by atoms with Crippen LogP contribution in [0.25, 0.3) is 0 Å². The number of hydrogen-bond donors (Lipinski definition) is 1. The van der Waals surface area contributed by atoms with Crippen molar-refractivity contribution in [3.8, 4) is 0 Å². The number of hydrogen-bond acceptors (Lipinski definition) is 4. The minimum Gasteiger partial charge on any atom is -0.411 e. The topological polar surface area (TPSA) is 65.8 Å². The second-order valence-electron chi connectivity index (χ2n) is 4.66. The van der Waals surface area contributed by atoms with E-state index in [9.17, 15) is 4.79 Å². The Hall–Kier alpha value is -2.21. The maximum absolute atomic E-state index is 12.7. The Kier molecular flexibility index (Phi) is 3.70. The minimum absolute atomic E-state index is 0.117.